The second-order valence-electron chi connectivity index (χ2n) is 5.59. The van der Waals surface area contributed by atoms with Crippen LogP contribution in [0.2, 0.25) is 5.02 Å². The minimum Gasteiger partial charge on any atom is -0.493 e. The van der Waals surface area contributed by atoms with Gasteiger partial charge in [0, 0.05) is 6.92 Å². The van der Waals surface area contributed by atoms with Gasteiger partial charge in [-0.1, -0.05) is 17.7 Å². The molecule has 0 fully saturated rings. The molecule has 9 heteroatoms. The van der Waals surface area contributed by atoms with Crippen molar-refractivity contribution in [3.63, 3.8) is 0 Å². The van der Waals surface area contributed by atoms with Crippen molar-refractivity contribution in [2.24, 2.45) is 4.99 Å². The van der Waals surface area contributed by atoms with E-state index in [0.717, 1.165) is 12.1 Å². The Labute approximate surface area is 163 Å². The van der Waals surface area contributed by atoms with Crippen LogP contribution in [-0.4, -0.2) is 24.9 Å². The molecule has 0 saturated carbocycles. The third kappa shape index (κ3) is 4.01. The number of benzene rings is 2. The Bertz CT molecular complexity index is 1050. The lowest BCUT2D eigenvalue weighted by atomic mass is 10.1. The summed E-state index contributed by atoms with van der Waals surface area (Å²) in [4.78, 5) is 27.2. The van der Waals surface area contributed by atoms with E-state index < -0.39 is 23.6 Å². The number of methoxy groups -OCH3 is 1. The van der Waals surface area contributed by atoms with Gasteiger partial charge in [0.25, 0.3) is 0 Å². The highest BCUT2D eigenvalue weighted by molar-refractivity contribution is 6.34. The fourth-order valence-electron chi connectivity index (χ4n) is 2.38. The fraction of sp³-hybridized carbons (Fsp3) is 0.105. The second kappa shape index (κ2) is 7.77. The van der Waals surface area contributed by atoms with E-state index in [1.54, 1.807) is 6.07 Å². The highest BCUT2D eigenvalue weighted by atomic mass is 35.5. The second-order valence-corrected chi connectivity index (χ2v) is 5.99. The number of halogens is 3. The van der Waals surface area contributed by atoms with Crippen LogP contribution in [0.1, 0.15) is 18.1 Å². The molecule has 0 spiro atoms. The molecule has 28 heavy (non-hydrogen) atoms. The van der Waals surface area contributed by atoms with Crippen LogP contribution in [0, 0.1) is 11.6 Å². The summed E-state index contributed by atoms with van der Waals surface area (Å²) >= 11 is 5.88. The number of rotatable bonds is 4. The Morgan fingerprint density at radius 1 is 1.18 bits per heavy atom. The molecule has 0 bridgehead atoms. The van der Waals surface area contributed by atoms with Crippen LogP contribution >= 0.6 is 11.6 Å². The molecule has 0 unspecified atom stereocenters. The van der Waals surface area contributed by atoms with Gasteiger partial charge in [-0.05, 0) is 35.9 Å². The minimum absolute atomic E-state index is 0.0555. The molecular weight excluding hydrogens is 396 g/mol. The lowest BCUT2D eigenvalue weighted by Gasteiger charge is -2.08. The van der Waals surface area contributed by atoms with Gasteiger partial charge in [-0.2, -0.15) is 0 Å². The van der Waals surface area contributed by atoms with Gasteiger partial charge in [0.05, 0.1) is 17.7 Å². The minimum atomic E-state index is -1.15. The number of esters is 2. The third-order valence-electron chi connectivity index (χ3n) is 3.61. The van der Waals surface area contributed by atoms with Gasteiger partial charge < -0.3 is 14.2 Å². The largest absolute Gasteiger partial charge is 0.493 e. The Morgan fingerprint density at radius 3 is 2.57 bits per heavy atom. The quantitative estimate of drug-likeness (QED) is 0.332. The Kier molecular flexibility index (Phi) is 5.41. The fourth-order valence-corrected chi connectivity index (χ4v) is 2.61. The number of hydrogen-bond acceptors (Lipinski definition) is 6. The summed E-state index contributed by atoms with van der Waals surface area (Å²) in [5.74, 6) is -3.35. The number of hydrogen-bond donors (Lipinski definition) is 0. The average Bonchev–Trinajstić information content (AvgIpc) is 2.99. The summed E-state index contributed by atoms with van der Waals surface area (Å²) in [7, 11) is 1.39. The van der Waals surface area contributed by atoms with E-state index in [4.69, 9.17) is 25.8 Å². The van der Waals surface area contributed by atoms with E-state index in [9.17, 15) is 18.4 Å². The molecule has 0 amide bonds. The Hall–Kier alpha value is -3.26. The van der Waals surface area contributed by atoms with Crippen molar-refractivity contribution in [1.29, 1.82) is 0 Å². The molecule has 2 aromatic rings. The molecule has 1 aliphatic heterocycles. The van der Waals surface area contributed by atoms with E-state index in [0.29, 0.717) is 5.56 Å². The summed E-state index contributed by atoms with van der Waals surface area (Å²) in [5, 5.41) is -0.154. The first kappa shape index (κ1) is 19.5. The van der Waals surface area contributed by atoms with Crippen molar-refractivity contribution in [3.8, 4) is 11.5 Å². The van der Waals surface area contributed by atoms with E-state index in [2.05, 4.69) is 4.99 Å². The monoisotopic (exact) mass is 407 g/mol. The van der Waals surface area contributed by atoms with Gasteiger partial charge in [-0.3, -0.25) is 4.79 Å². The maximum Gasteiger partial charge on any atom is 0.363 e. The molecule has 1 aliphatic rings. The predicted octanol–water partition coefficient (Wildman–Crippen LogP) is 3.90. The van der Waals surface area contributed by atoms with Gasteiger partial charge >= 0.3 is 11.9 Å². The van der Waals surface area contributed by atoms with Crippen LogP contribution in [0.5, 0.6) is 11.5 Å². The molecule has 0 aromatic heterocycles. The molecular formula is C19H12ClF2NO5. The van der Waals surface area contributed by atoms with Crippen molar-refractivity contribution in [3.05, 3.63) is 63.8 Å². The molecule has 2 aromatic carbocycles. The lowest BCUT2D eigenvalue weighted by Crippen LogP contribution is -2.07. The zero-order valence-corrected chi connectivity index (χ0v) is 15.3. The first-order chi connectivity index (χ1) is 13.3. The van der Waals surface area contributed by atoms with Crippen molar-refractivity contribution in [1.82, 2.24) is 0 Å². The van der Waals surface area contributed by atoms with E-state index in [1.807, 2.05) is 0 Å². The summed E-state index contributed by atoms with van der Waals surface area (Å²) < 4.78 is 41.9. The van der Waals surface area contributed by atoms with Crippen molar-refractivity contribution < 1.29 is 32.6 Å². The number of aliphatic imine (C=N–C) groups is 1. The average molecular weight is 408 g/mol. The maximum absolute atomic E-state index is 13.5. The van der Waals surface area contributed by atoms with Crippen LogP contribution in [0.15, 0.2) is 41.0 Å². The predicted molar refractivity (Wildman–Crippen MR) is 96.3 cm³/mol. The first-order valence-corrected chi connectivity index (χ1v) is 8.20. The SMILES string of the molecule is COc1cc(C=C2N=C(c3cc(F)c(F)cc3Cl)OC2=O)ccc1OC(C)=O. The van der Waals surface area contributed by atoms with Crippen molar-refractivity contribution in [2.45, 2.75) is 6.92 Å². The van der Waals surface area contributed by atoms with E-state index in [1.165, 1.54) is 32.2 Å². The van der Waals surface area contributed by atoms with E-state index in [-0.39, 0.29) is 33.7 Å². The summed E-state index contributed by atoms with van der Waals surface area (Å²) in [5.41, 5.74) is 0.360. The summed E-state index contributed by atoms with van der Waals surface area (Å²) in [6.45, 7) is 1.25. The van der Waals surface area contributed by atoms with Gasteiger partial charge in [-0.15, -0.1) is 0 Å². The van der Waals surface area contributed by atoms with Gasteiger partial charge in [0.15, 0.2) is 28.8 Å². The Morgan fingerprint density at radius 2 is 1.89 bits per heavy atom. The number of nitrogens with zero attached hydrogens (tertiary/aromatic N) is 1. The molecule has 1 heterocycles. The van der Waals surface area contributed by atoms with Crippen LogP contribution in [0.25, 0.3) is 6.08 Å². The zero-order valence-electron chi connectivity index (χ0n) is 14.6. The molecule has 0 atom stereocenters. The topological polar surface area (TPSA) is 74.2 Å². The summed E-state index contributed by atoms with van der Waals surface area (Å²) in [6, 6.07) is 6.14. The van der Waals surface area contributed by atoms with Gasteiger partial charge in [0.2, 0.25) is 5.90 Å². The van der Waals surface area contributed by atoms with Gasteiger partial charge in [-0.25, -0.2) is 18.6 Å². The molecule has 0 radical (unpaired) electrons. The van der Waals surface area contributed by atoms with Crippen molar-refractivity contribution >= 4 is 35.5 Å². The maximum atomic E-state index is 13.5. The van der Waals surface area contributed by atoms with Crippen LogP contribution in [0.3, 0.4) is 0 Å². The molecule has 6 nitrogen and oxygen atoms in total. The number of ether oxygens (including phenoxy) is 3. The molecule has 0 aliphatic carbocycles. The standard InChI is InChI=1S/C19H12ClF2NO5/c1-9(24)27-16-4-3-10(6-17(16)26-2)5-15-19(25)28-18(23-15)11-7-13(21)14(22)8-12(11)20/h3-8H,1-2H3. The van der Waals surface area contributed by atoms with E-state index >= 15 is 0 Å². The van der Waals surface area contributed by atoms with Crippen LogP contribution in [0.4, 0.5) is 8.78 Å². The van der Waals surface area contributed by atoms with Gasteiger partial charge in [0.1, 0.15) is 0 Å². The normalized spacial score (nSPS) is 14.7. The molecule has 0 N–H and O–H groups in total. The smallest absolute Gasteiger partial charge is 0.363 e. The number of cyclic esters (lactones) is 1. The summed E-state index contributed by atoms with van der Waals surface area (Å²) in [6.07, 6.45) is 1.39. The highest BCUT2D eigenvalue weighted by Gasteiger charge is 2.27. The lowest BCUT2D eigenvalue weighted by molar-refractivity contribution is -0.132. The zero-order chi connectivity index (χ0) is 20.4. The van der Waals surface area contributed by atoms with Crippen LogP contribution < -0.4 is 9.47 Å². The van der Waals surface area contributed by atoms with Crippen LogP contribution in [-0.2, 0) is 14.3 Å². The number of carbonyl (C=O) groups excluding carboxylic acids is 2. The highest BCUT2D eigenvalue weighted by Crippen LogP contribution is 2.30. The van der Waals surface area contributed by atoms with Crippen molar-refractivity contribution in [2.75, 3.05) is 7.11 Å². The molecule has 0 saturated heterocycles. The number of carbonyl (C=O) groups is 2. The first-order valence-electron chi connectivity index (χ1n) is 7.82. The third-order valence-corrected chi connectivity index (χ3v) is 3.92. The molecule has 144 valence electrons. The molecule has 3 rings (SSSR count). The Balaban J connectivity index is 1.96.